The molecule has 1 heterocycles. The summed E-state index contributed by atoms with van der Waals surface area (Å²) in [5.41, 5.74) is 0.807. The van der Waals surface area contributed by atoms with Crippen molar-refractivity contribution < 1.29 is 37.0 Å². The summed E-state index contributed by atoms with van der Waals surface area (Å²) in [5, 5.41) is 18.1. The van der Waals surface area contributed by atoms with Crippen molar-refractivity contribution in [3.05, 3.63) is 77.7 Å². The molecular weight excluding hydrogens is 593 g/mol. The average molecular weight is 631 g/mol. The number of hydrogen-bond acceptors (Lipinski definition) is 7. The topological polar surface area (TPSA) is 144 Å². The third-order valence-corrected chi connectivity index (χ3v) is 6.06. The van der Waals surface area contributed by atoms with E-state index < -0.39 is 23.8 Å². The molecule has 0 aliphatic carbocycles. The summed E-state index contributed by atoms with van der Waals surface area (Å²) in [5.74, 6) is -1.24. The highest BCUT2D eigenvalue weighted by Crippen LogP contribution is 2.17. The highest BCUT2D eigenvalue weighted by molar-refractivity contribution is 6.04. The maximum Gasteiger partial charge on any atom is 0.473 e. The van der Waals surface area contributed by atoms with Gasteiger partial charge in [0.1, 0.15) is 22.9 Å². The summed E-state index contributed by atoms with van der Waals surface area (Å²) in [6.07, 6.45) is -1.90. The van der Waals surface area contributed by atoms with Crippen molar-refractivity contribution in [2.24, 2.45) is 4.99 Å². The minimum absolute atomic E-state index is 0.136. The zero-order chi connectivity index (χ0) is 33.2. The molecule has 0 saturated carbocycles. The molecule has 0 radical (unpaired) electrons. The van der Waals surface area contributed by atoms with Gasteiger partial charge >= 0.3 is 18.2 Å². The largest absolute Gasteiger partial charge is 0.494 e. The van der Waals surface area contributed by atoms with Crippen LogP contribution in [0.15, 0.2) is 65.9 Å². The fraction of sp³-hybridized carbons (Fsp3) is 0.387. The first-order valence-corrected chi connectivity index (χ1v) is 14.1. The zero-order valence-corrected chi connectivity index (χ0v) is 25.5. The standard InChI is InChI=1S/C31H37F3N6O5/c1-21(35)22-7-11-24(12-8-22)43-19-5-15-39-17-18-40(28(39)38-27(41)31(32,33)34)16-6-20-44-25-13-9-23(10-14-25)26(36)37-29(42)45-30(2,3)4/h7-14,17-18,35H,5-6,15-16,19-20H2,1-4H3,(H2,36,37,42). The van der Waals surface area contributed by atoms with Gasteiger partial charge in [0.15, 0.2) is 0 Å². The summed E-state index contributed by atoms with van der Waals surface area (Å²) in [4.78, 5) is 27.0. The van der Waals surface area contributed by atoms with Crippen molar-refractivity contribution >= 4 is 23.5 Å². The van der Waals surface area contributed by atoms with Gasteiger partial charge in [-0.25, -0.2) is 4.79 Å². The van der Waals surface area contributed by atoms with E-state index in [1.54, 1.807) is 88.6 Å². The number of rotatable bonds is 12. The fourth-order valence-electron chi connectivity index (χ4n) is 3.94. The van der Waals surface area contributed by atoms with Gasteiger partial charge in [0.25, 0.3) is 0 Å². The Morgan fingerprint density at radius 1 is 0.822 bits per heavy atom. The molecule has 3 aromatic rings. The zero-order valence-electron chi connectivity index (χ0n) is 25.5. The van der Waals surface area contributed by atoms with Crippen LogP contribution >= 0.6 is 0 Å². The number of hydrogen-bond donors (Lipinski definition) is 3. The number of benzene rings is 2. The molecule has 0 spiro atoms. The predicted molar refractivity (Wildman–Crippen MR) is 161 cm³/mol. The fourth-order valence-corrected chi connectivity index (χ4v) is 3.94. The summed E-state index contributed by atoms with van der Waals surface area (Å²) in [6, 6.07) is 13.5. The Labute approximate surface area is 258 Å². The van der Waals surface area contributed by atoms with Crippen LogP contribution < -0.4 is 20.4 Å². The first-order valence-electron chi connectivity index (χ1n) is 14.1. The van der Waals surface area contributed by atoms with Gasteiger partial charge in [-0.05, 0) is 94.6 Å². The van der Waals surface area contributed by atoms with Crippen LogP contribution in [0.1, 0.15) is 51.7 Å². The molecular formula is C31H37F3N6O5. The van der Waals surface area contributed by atoms with Crippen molar-refractivity contribution in [2.75, 3.05) is 13.2 Å². The van der Waals surface area contributed by atoms with Crippen molar-refractivity contribution in [1.82, 2.24) is 14.5 Å². The van der Waals surface area contributed by atoms with Crippen molar-refractivity contribution in [2.45, 2.75) is 65.4 Å². The minimum Gasteiger partial charge on any atom is -0.494 e. The predicted octanol–water partition coefficient (Wildman–Crippen LogP) is 5.46. The average Bonchev–Trinajstić information content (AvgIpc) is 3.33. The second kappa shape index (κ2) is 15.2. The van der Waals surface area contributed by atoms with Crippen LogP contribution in [-0.4, -0.2) is 57.7 Å². The number of alkyl halides is 3. The number of carbonyl (C=O) groups excluding carboxylic acids is 2. The van der Waals surface area contributed by atoms with Crippen LogP contribution in [0.5, 0.6) is 11.5 Å². The lowest BCUT2D eigenvalue weighted by atomic mass is 10.1. The van der Waals surface area contributed by atoms with E-state index in [4.69, 9.17) is 25.0 Å². The lowest BCUT2D eigenvalue weighted by Crippen LogP contribution is -2.36. The van der Waals surface area contributed by atoms with Gasteiger partial charge < -0.3 is 28.8 Å². The smallest absolute Gasteiger partial charge is 0.473 e. The molecule has 2 aromatic carbocycles. The van der Waals surface area contributed by atoms with Crippen molar-refractivity contribution in [3.8, 4) is 11.5 Å². The molecule has 11 nitrogen and oxygen atoms in total. The number of alkyl carbamates (subject to hydrolysis) is 1. The van der Waals surface area contributed by atoms with E-state index in [0.717, 1.165) is 5.56 Å². The van der Waals surface area contributed by atoms with E-state index in [-0.39, 0.29) is 37.8 Å². The van der Waals surface area contributed by atoms with Gasteiger partial charge in [0.05, 0.1) is 13.2 Å². The molecule has 3 N–H and O–H groups in total. The molecule has 0 saturated heterocycles. The van der Waals surface area contributed by atoms with Crippen LogP contribution in [0.4, 0.5) is 18.0 Å². The monoisotopic (exact) mass is 630 g/mol. The van der Waals surface area contributed by atoms with E-state index in [9.17, 15) is 22.8 Å². The van der Waals surface area contributed by atoms with Gasteiger partial charge in [-0.15, -0.1) is 0 Å². The van der Waals surface area contributed by atoms with Crippen LogP contribution in [0, 0.1) is 10.8 Å². The number of halogens is 3. The minimum atomic E-state index is -5.11. The van der Waals surface area contributed by atoms with Gasteiger partial charge in [-0.2, -0.15) is 18.2 Å². The van der Waals surface area contributed by atoms with Gasteiger partial charge in [0, 0.05) is 36.8 Å². The molecule has 0 unspecified atom stereocenters. The van der Waals surface area contributed by atoms with Crippen LogP contribution in [0.3, 0.4) is 0 Å². The van der Waals surface area contributed by atoms with Crippen molar-refractivity contribution in [3.63, 3.8) is 0 Å². The summed E-state index contributed by atoms with van der Waals surface area (Å²) in [7, 11) is 0. The van der Waals surface area contributed by atoms with E-state index in [1.807, 2.05) is 0 Å². The number of amides is 2. The molecule has 1 aromatic heterocycles. The lowest BCUT2D eigenvalue weighted by molar-refractivity contribution is -0.169. The van der Waals surface area contributed by atoms with Crippen LogP contribution in [0.2, 0.25) is 0 Å². The number of nitrogens with zero attached hydrogens (tertiary/aromatic N) is 3. The highest BCUT2D eigenvalue weighted by atomic mass is 19.4. The maximum atomic E-state index is 13.0. The Balaban J connectivity index is 1.55. The summed E-state index contributed by atoms with van der Waals surface area (Å²) >= 11 is 0. The molecule has 0 atom stereocenters. The summed E-state index contributed by atoms with van der Waals surface area (Å²) < 4.78 is 58.6. The lowest BCUT2D eigenvalue weighted by Gasteiger charge is -2.19. The first-order chi connectivity index (χ1) is 21.1. The van der Waals surface area contributed by atoms with E-state index in [2.05, 4.69) is 10.3 Å². The molecule has 14 heteroatoms. The molecule has 0 bridgehead atoms. The third-order valence-electron chi connectivity index (χ3n) is 6.06. The Hall–Kier alpha value is -4.88. The van der Waals surface area contributed by atoms with Gasteiger partial charge in [0.2, 0.25) is 5.62 Å². The Bertz CT molecular complexity index is 1550. The molecule has 0 aliphatic rings. The number of nitrogens with one attached hydrogen (secondary N) is 3. The number of ether oxygens (including phenoxy) is 3. The maximum absolute atomic E-state index is 13.0. The first kappa shape index (κ1) is 34.6. The van der Waals surface area contributed by atoms with Gasteiger partial charge in [-0.1, -0.05) is 0 Å². The highest BCUT2D eigenvalue weighted by Gasteiger charge is 2.38. The van der Waals surface area contributed by atoms with E-state index in [0.29, 0.717) is 35.6 Å². The molecule has 0 fully saturated rings. The van der Waals surface area contributed by atoms with Crippen LogP contribution in [-0.2, 0) is 22.6 Å². The second-order valence-electron chi connectivity index (χ2n) is 11.0. The number of carbonyl (C=O) groups is 2. The molecule has 0 aliphatic heterocycles. The molecule has 45 heavy (non-hydrogen) atoms. The number of aromatic nitrogens is 2. The Morgan fingerprint density at radius 2 is 1.29 bits per heavy atom. The second-order valence-corrected chi connectivity index (χ2v) is 11.0. The molecule has 2 amide bonds. The molecule has 242 valence electrons. The number of amidine groups is 1. The Morgan fingerprint density at radius 3 is 1.71 bits per heavy atom. The van der Waals surface area contributed by atoms with Gasteiger partial charge in [-0.3, -0.25) is 15.5 Å². The Kier molecular flexibility index (Phi) is 11.7. The van der Waals surface area contributed by atoms with Crippen molar-refractivity contribution in [1.29, 1.82) is 10.8 Å². The quantitative estimate of drug-likeness (QED) is 0.138. The number of aryl methyl sites for hydroxylation is 2. The van der Waals surface area contributed by atoms with Crippen LogP contribution in [0.25, 0.3) is 0 Å². The molecule has 3 rings (SSSR count). The van der Waals surface area contributed by atoms with E-state index in [1.165, 1.54) is 9.13 Å². The number of imidazole rings is 1. The summed E-state index contributed by atoms with van der Waals surface area (Å²) in [6.45, 7) is 7.81. The normalized spacial score (nSPS) is 12.0. The SMILES string of the molecule is CC(=N)c1ccc(OCCCn2ccn(CCCOc3ccc(C(=N)NC(=O)OC(C)(C)C)cc3)c2=NC(=O)C(F)(F)F)cc1. The van der Waals surface area contributed by atoms with E-state index >= 15 is 0 Å². The third kappa shape index (κ3) is 11.3.